The second kappa shape index (κ2) is 8.01. The van der Waals surface area contributed by atoms with Crippen molar-refractivity contribution < 1.29 is 8.42 Å². The Morgan fingerprint density at radius 2 is 2.06 bits per heavy atom. The van der Waals surface area contributed by atoms with Crippen LogP contribution in [-0.4, -0.2) is 47.3 Å². The summed E-state index contributed by atoms with van der Waals surface area (Å²) in [5.74, 6) is 0.912. The van der Waals surface area contributed by atoms with Crippen molar-refractivity contribution in [3.05, 3.63) is 52.0 Å². The van der Waals surface area contributed by atoms with Crippen molar-refractivity contribution in [3.63, 3.8) is 0 Å². The van der Waals surface area contributed by atoms with Gasteiger partial charge >= 0.3 is 0 Å². The number of hydrogen-bond donors (Lipinski definition) is 1. The highest BCUT2D eigenvalue weighted by atomic mass is 35.5. The molecule has 8 nitrogen and oxygen atoms in total. The Bertz CT molecular complexity index is 1260. The molecule has 0 bridgehead atoms. The van der Waals surface area contributed by atoms with Crippen LogP contribution in [0.3, 0.4) is 0 Å². The number of fused-ring (bicyclic) bond motifs is 1. The van der Waals surface area contributed by atoms with E-state index in [2.05, 4.69) is 30.8 Å². The summed E-state index contributed by atoms with van der Waals surface area (Å²) >= 11 is 7.02. The molecule has 4 heterocycles. The van der Waals surface area contributed by atoms with E-state index < -0.39 is 10.0 Å². The fourth-order valence-corrected chi connectivity index (χ4v) is 6.79. The Kier molecular flexibility index (Phi) is 5.33. The third-order valence-corrected chi connectivity index (χ3v) is 8.93. The number of rotatable bonds is 5. The standard InChI is InChI=1S/C20H21ClN6O2S2/c1-26-10-14(9-24-26)13-6-17-18(7-13)22-12-23-20(17)27-4-2-16(3-5-27)25-31(28,29)19-8-15(21)11-30-19/h6,8-12,16,25H,2-5,7H2,1H3. The van der Waals surface area contributed by atoms with Gasteiger partial charge in [-0.2, -0.15) is 5.10 Å². The zero-order valence-corrected chi connectivity index (χ0v) is 19.2. The van der Waals surface area contributed by atoms with E-state index in [1.54, 1.807) is 16.4 Å². The van der Waals surface area contributed by atoms with Gasteiger partial charge in [0.1, 0.15) is 16.4 Å². The minimum absolute atomic E-state index is 0.112. The molecule has 0 unspecified atom stereocenters. The molecule has 0 radical (unpaired) electrons. The molecule has 2 aliphatic rings. The van der Waals surface area contributed by atoms with E-state index in [4.69, 9.17) is 11.6 Å². The van der Waals surface area contributed by atoms with Crippen molar-refractivity contribution in [3.8, 4) is 0 Å². The molecule has 3 aromatic rings. The smallest absolute Gasteiger partial charge is 0.250 e. The van der Waals surface area contributed by atoms with E-state index in [1.807, 2.05) is 19.4 Å². The highest BCUT2D eigenvalue weighted by Crippen LogP contribution is 2.35. The average Bonchev–Trinajstić information content (AvgIpc) is 3.47. The molecule has 0 atom stereocenters. The summed E-state index contributed by atoms with van der Waals surface area (Å²) in [6.07, 6.45) is 9.80. The largest absolute Gasteiger partial charge is 0.356 e. The molecule has 3 aromatic heterocycles. The van der Waals surface area contributed by atoms with Gasteiger partial charge in [-0.3, -0.25) is 4.68 Å². The Labute approximate surface area is 189 Å². The molecule has 0 spiro atoms. The third-order valence-electron chi connectivity index (χ3n) is 5.62. The Hall–Kier alpha value is -2.27. The number of hydrogen-bond acceptors (Lipinski definition) is 7. The van der Waals surface area contributed by atoms with Gasteiger partial charge in [0.25, 0.3) is 0 Å². The molecular formula is C20H21ClN6O2S2. The minimum atomic E-state index is -3.54. The summed E-state index contributed by atoms with van der Waals surface area (Å²) in [5.41, 5.74) is 4.34. The predicted molar refractivity (Wildman–Crippen MR) is 122 cm³/mol. The van der Waals surface area contributed by atoms with Gasteiger partial charge in [0.2, 0.25) is 10.0 Å². The van der Waals surface area contributed by atoms with E-state index >= 15 is 0 Å². The maximum Gasteiger partial charge on any atom is 0.250 e. The second-order valence-electron chi connectivity index (χ2n) is 7.77. The van der Waals surface area contributed by atoms with Crippen LogP contribution in [0.15, 0.2) is 34.4 Å². The summed E-state index contributed by atoms with van der Waals surface area (Å²) < 4.78 is 30.0. The summed E-state index contributed by atoms with van der Waals surface area (Å²) in [7, 11) is -1.64. The highest BCUT2D eigenvalue weighted by Gasteiger charge is 2.29. The number of thiophene rings is 1. The van der Waals surface area contributed by atoms with Gasteiger partial charge in [-0.05, 0) is 30.6 Å². The maximum atomic E-state index is 12.6. The Balaban J connectivity index is 1.29. The van der Waals surface area contributed by atoms with Gasteiger partial charge in [-0.15, -0.1) is 11.3 Å². The zero-order chi connectivity index (χ0) is 21.6. The molecular weight excluding hydrogens is 456 g/mol. The highest BCUT2D eigenvalue weighted by molar-refractivity contribution is 7.91. The number of halogens is 1. The van der Waals surface area contributed by atoms with Crippen LogP contribution >= 0.6 is 22.9 Å². The Morgan fingerprint density at radius 3 is 2.74 bits per heavy atom. The van der Waals surface area contributed by atoms with E-state index in [1.165, 1.54) is 11.6 Å². The number of aryl methyl sites for hydroxylation is 1. The van der Waals surface area contributed by atoms with Crippen LogP contribution in [0.4, 0.5) is 5.82 Å². The van der Waals surface area contributed by atoms with E-state index in [-0.39, 0.29) is 10.3 Å². The third kappa shape index (κ3) is 4.12. The van der Waals surface area contributed by atoms with Crippen molar-refractivity contribution in [1.82, 2.24) is 24.5 Å². The Morgan fingerprint density at radius 1 is 1.26 bits per heavy atom. The predicted octanol–water partition coefficient (Wildman–Crippen LogP) is 2.97. The first-order valence-electron chi connectivity index (χ1n) is 9.94. The lowest BCUT2D eigenvalue weighted by Crippen LogP contribution is -2.45. The molecule has 0 saturated carbocycles. The minimum Gasteiger partial charge on any atom is -0.356 e. The summed E-state index contributed by atoms with van der Waals surface area (Å²) in [6.45, 7) is 1.44. The molecule has 1 aliphatic carbocycles. The average molecular weight is 477 g/mol. The lowest BCUT2D eigenvalue weighted by molar-refractivity contribution is 0.458. The molecule has 5 rings (SSSR count). The van der Waals surface area contributed by atoms with Crippen molar-refractivity contribution in [2.45, 2.75) is 29.5 Å². The number of nitrogens with zero attached hydrogens (tertiary/aromatic N) is 5. The molecule has 1 N–H and O–H groups in total. The number of allylic oxidation sites excluding steroid dienone is 1. The summed E-state index contributed by atoms with van der Waals surface area (Å²) in [5, 5.41) is 6.33. The number of nitrogens with one attached hydrogen (secondary N) is 1. The van der Waals surface area contributed by atoms with Gasteiger partial charge in [0.05, 0.1) is 16.9 Å². The van der Waals surface area contributed by atoms with Gasteiger partial charge in [-0.25, -0.2) is 23.1 Å². The lowest BCUT2D eigenvalue weighted by atomic mass is 10.1. The maximum absolute atomic E-state index is 12.6. The molecule has 0 aromatic carbocycles. The van der Waals surface area contributed by atoms with Crippen molar-refractivity contribution >= 4 is 50.4 Å². The van der Waals surface area contributed by atoms with Crippen molar-refractivity contribution in [2.24, 2.45) is 7.05 Å². The van der Waals surface area contributed by atoms with Crippen LogP contribution in [0.25, 0.3) is 11.6 Å². The molecule has 31 heavy (non-hydrogen) atoms. The molecule has 0 amide bonds. The monoisotopic (exact) mass is 476 g/mol. The van der Waals surface area contributed by atoms with E-state index in [9.17, 15) is 8.42 Å². The van der Waals surface area contributed by atoms with E-state index in [0.717, 1.165) is 53.5 Å². The second-order valence-corrected chi connectivity index (χ2v) is 11.1. The van der Waals surface area contributed by atoms with E-state index in [0.29, 0.717) is 17.9 Å². The molecule has 11 heteroatoms. The molecule has 1 fully saturated rings. The first-order valence-corrected chi connectivity index (χ1v) is 12.7. The molecule has 1 saturated heterocycles. The lowest BCUT2D eigenvalue weighted by Gasteiger charge is -2.33. The van der Waals surface area contributed by atoms with Gasteiger partial charge in [-0.1, -0.05) is 11.6 Å². The van der Waals surface area contributed by atoms with Crippen LogP contribution in [0.5, 0.6) is 0 Å². The summed E-state index contributed by atoms with van der Waals surface area (Å²) in [4.78, 5) is 11.3. The SMILES string of the molecule is Cn1cc(C2=Cc3c(ncnc3N3CCC(NS(=O)(=O)c4cc(Cl)cs4)CC3)C2)cn1. The number of anilines is 1. The fraction of sp³-hybridized carbons (Fsp3) is 0.350. The van der Waals surface area contributed by atoms with Gasteiger partial charge in [0.15, 0.2) is 0 Å². The summed E-state index contributed by atoms with van der Waals surface area (Å²) in [6, 6.07) is 1.37. The topological polar surface area (TPSA) is 93.0 Å². The number of aromatic nitrogens is 4. The normalized spacial score (nSPS) is 17.1. The van der Waals surface area contributed by atoms with Crippen LogP contribution in [-0.2, 0) is 23.5 Å². The van der Waals surface area contributed by atoms with Crippen LogP contribution in [0.1, 0.15) is 29.7 Å². The quantitative estimate of drug-likeness (QED) is 0.608. The first kappa shape index (κ1) is 20.6. The molecule has 162 valence electrons. The van der Waals surface area contributed by atoms with Crippen LogP contribution in [0, 0.1) is 0 Å². The zero-order valence-electron chi connectivity index (χ0n) is 16.8. The van der Waals surface area contributed by atoms with Gasteiger partial charge in [0, 0.05) is 55.3 Å². The van der Waals surface area contributed by atoms with Gasteiger partial charge < -0.3 is 4.90 Å². The van der Waals surface area contributed by atoms with Crippen LogP contribution < -0.4 is 9.62 Å². The van der Waals surface area contributed by atoms with Crippen LogP contribution in [0.2, 0.25) is 5.02 Å². The number of piperidine rings is 1. The fourth-order valence-electron chi connectivity index (χ4n) is 4.06. The van der Waals surface area contributed by atoms with Crippen molar-refractivity contribution in [1.29, 1.82) is 0 Å². The first-order chi connectivity index (χ1) is 14.9. The van der Waals surface area contributed by atoms with Crippen molar-refractivity contribution in [2.75, 3.05) is 18.0 Å². The number of sulfonamides is 1. The molecule has 1 aliphatic heterocycles.